The van der Waals surface area contributed by atoms with Crippen molar-refractivity contribution in [3.8, 4) is 0 Å². The van der Waals surface area contributed by atoms with Gasteiger partial charge in [0, 0.05) is 6.04 Å². The van der Waals surface area contributed by atoms with Crippen molar-refractivity contribution in [3.05, 3.63) is 34.9 Å². The van der Waals surface area contributed by atoms with Gasteiger partial charge in [0.15, 0.2) is 0 Å². The molecule has 3 rings (SSSR count). The van der Waals surface area contributed by atoms with E-state index in [1.54, 1.807) is 12.1 Å². The second-order valence-electron chi connectivity index (χ2n) is 8.64. The van der Waals surface area contributed by atoms with E-state index in [2.05, 4.69) is 6.92 Å². The highest BCUT2D eigenvalue weighted by molar-refractivity contribution is 6.22. The van der Waals surface area contributed by atoms with Crippen molar-refractivity contribution in [2.24, 2.45) is 0 Å². The maximum absolute atomic E-state index is 12.9. The molecule has 2 amide bonds. The van der Waals surface area contributed by atoms with Crippen molar-refractivity contribution >= 4 is 17.8 Å². The fourth-order valence-electron chi connectivity index (χ4n) is 4.54. The standard InChI is InChI=1S/C25H35NO4/c1-2-3-4-5-6-7-8-12-17-30-25(29)19-15-16-21-22(18-19)24(28)26(23(21)27)20-13-10-9-11-14-20/h15-16,18,20H,2-14,17H2,1H3. The second kappa shape index (κ2) is 11.3. The highest BCUT2D eigenvalue weighted by Gasteiger charge is 2.40. The van der Waals surface area contributed by atoms with Gasteiger partial charge in [0.05, 0.1) is 23.3 Å². The number of fused-ring (bicyclic) bond motifs is 1. The van der Waals surface area contributed by atoms with Crippen molar-refractivity contribution in [3.63, 3.8) is 0 Å². The Bertz CT molecular complexity index is 752. The zero-order valence-electron chi connectivity index (χ0n) is 18.3. The first-order chi connectivity index (χ1) is 14.6. The van der Waals surface area contributed by atoms with E-state index in [9.17, 15) is 14.4 Å². The molecule has 2 aliphatic rings. The summed E-state index contributed by atoms with van der Waals surface area (Å²) in [5.41, 5.74) is 1.09. The molecule has 1 heterocycles. The van der Waals surface area contributed by atoms with Crippen LogP contribution in [-0.2, 0) is 4.74 Å². The van der Waals surface area contributed by atoms with E-state index in [4.69, 9.17) is 4.74 Å². The number of nitrogens with zero attached hydrogens (tertiary/aromatic N) is 1. The van der Waals surface area contributed by atoms with E-state index < -0.39 is 5.97 Å². The number of imide groups is 1. The average Bonchev–Trinajstić information content (AvgIpc) is 3.02. The van der Waals surface area contributed by atoms with Gasteiger partial charge in [-0.15, -0.1) is 0 Å². The van der Waals surface area contributed by atoms with Gasteiger partial charge in [-0.1, -0.05) is 71.1 Å². The molecule has 0 radical (unpaired) electrons. The highest BCUT2D eigenvalue weighted by Crippen LogP contribution is 2.31. The van der Waals surface area contributed by atoms with Crippen LogP contribution in [0.15, 0.2) is 18.2 Å². The number of unbranched alkanes of at least 4 members (excludes halogenated alkanes) is 7. The third-order valence-electron chi connectivity index (χ3n) is 6.32. The van der Waals surface area contributed by atoms with E-state index in [-0.39, 0.29) is 17.9 Å². The lowest BCUT2D eigenvalue weighted by molar-refractivity contribution is 0.0496. The summed E-state index contributed by atoms with van der Waals surface area (Å²) >= 11 is 0. The van der Waals surface area contributed by atoms with Gasteiger partial charge in [-0.2, -0.15) is 0 Å². The van der Waals surface area contributed by atoms with Crippen molar-refractivity contribution in [1.29, 1.82) is 0 Å². The Hall–Kier alpha value is -2.17. The molecule has 0 aromatic heterocycles. The smallest absolute Gasteiger partial charge is 0.338 e. The van der Waals surface area contributed by atoms with E-state index in [0.29, 0.717) is 23.3 Å². The summed E-state index contributed by atoms with van der Waals surface area (Å²) in [5.74, 6) is -0.905. The summed E-state index contributed by atoms with van der Waals surface area (Å²) in [6.45, 7) is 2.61. The number of hydrogen-bond donors (Lipinski definition) is 0. The van der Waals surface area contributed by atoms with Crippen LogP contribution in [0, 0.1) is 0 Å². The van der Waals surface area contributed by atoms with Crippen molar-refractivity contribution in [2.45, 2.75) is 96.4 Å². The van der Waals surface area contributed by atoms with E-state index >= 15 is 0 Å². The summed E-state index contributed by atoms with van der Waals surface area (Å²) in [7, 11) is 0. The topological polar surface area (TPSA) is 63.7 Å². The predicted molar refractivity (Wildman–Crippen MR) is 117 cm³/mol. The van der Waals surface area contributed by atoms with Crippen LogP contribution in [0.25, 0.3) is 0 Å². The first kappa shape index (κ1) is 22.5. The molecule has 5 heteroatoms. The molecule has 30 heavy (non-hydrogen) atoms. The van der Waals surface area contributed by atoms with E-state index in [1.165, 1.54) is 49.5 Å². The Morgan fingerprint density at radius 3 is 2.23 bits per heavy atom. The molecule has 1 aromatic carbocycles. The van der Waals surface area contributed by atoms with Gasteiger partial charge in [0.1, 0.15) is 0 Å². The van der Waals surface area contributed by atoms with E-state index in [1.807, 2.05) is 0 Å². The number of carbonyl (C=O) groups is 3. The van der Waals surface area contributed by atoms with Crippen molar-refractivity contribution in [1.82, 2.24) is 4.90 Å². The zero-order valence-corrected chi connectivity index (χ0v) is 18.3. The van der Waals surface area contributed by atoms with E-state index in [0.717, 1.165) is 44.9 Å². The molecule has 164 valence electrons. The molecular formula is C25H35NO4. The van der Waals surface area contributed by atoms with Gasteiger partial charge >= 0.3 is 5.97 Å². The second-order valence-corrected chi connectivity index (χ2v) is 8.64. The third-order valence-corrected chi connectivity index (χ3v) is 6.32. The van der Waals surface area contributed by atoms with Crippen LogP contribution in [0.2, 0.25) is 0 Å². The maximum atomic E-state index is 12.9. The molecule has 1 fully saturated rings. The minimum atomic E-state index is -0.419. The van der Waals surface area contributed by atoms with Crippen LogP contribution in [0.4, 0.5) is 0 Å². The van der Waals surface area contributed by atoms with Gasteiger partial charge in [-0.25, -0.2) is 4.79 Å². The molecule has 0 atom stereocenters. The number of rotatable bonds is 11. The summed E-state index contributed by atoms with van der Waals surface area (Å²) in [6, 6.07) is 4.73. The quantitative estimate of drug-likeness (QED) is 0.257. The number of carbonyl (C=O) groups excluding carboxylic acids is 3. The molecular weight excluding hydrogens is 378 g/mol. The fourth-order valence-corrected chi connectivity index (χ4v) is 4.54. The fraction of sp³-hybridized carbons (Fsp3) is 0.640. The molecule has 1 aliphatic heterocycles. The molecule has 0 spiro atoms. The lowest BCUT2D eigenvalue weighted by Gasteiger charge is -2.29. The van der Waals surface area contributed by atoms with Crippen LogP contribution in [0.3, 0.4) is 0 Å². The first-order valence-corrected chi connectivity index (χ1v) is 11.8. The molecule has 0 bridgehead atoms. The Labute approximate surface area is 180 Å². The third kappa shape index (κ3) is 5.50. The summed E-state index contributed by atoms with van der Waals surface area (Å²) in [4.78, 5) is 39.4. The van der Waals surface area contributed by atoms with Gasteiger partial charge < -0.3 is 4.74 Å². The Morgan fingerprint density at radius 1 is 0.900 bits per heavy atom. The molecule has 1 aromatic rings. The van der Waals surface area contributed by atoms with Crippen LogP contribution in [-0.4, -0.2) is 35.3 Å². The SMILES string of the molecule is CCCCCCCCCCOC(=O)c1ccc2c(c1)C(=O)N(C1CCCCC1)C2=O. The summed E-state index contributed by atoms with van der Waals surface area (Å²) < 4.78 is 5.39. The molecule has 0 saturated heterocycles. The maximum Gasteiger partial charge on any atom is 0.338 e. The Kier molecular flexibility index (Phi) is 8.47. The molecule has 1 aliphatic carbocycles. The van der Waals surface area contributed by atoms with Gasteiger partial charge in [0.2, 0.25) is 0 Å². The summed E-state index contributed by atoms with van der Waals surface area (Å²) in [5, 5.41) is 0. The van der Waals surface area contributed by atoms with Crippen LogP contribution >= 0.6 is 0 Å². The lowest BCUT2D eigenvalue weighted by Crippen LogP contribution is -2.40. The highest BCUT2D eigenvalue weighted by atomic mass is 16.5. The average molecular weight is 414 g/mol. The minimum absolute atomic E-state index is 0.0106. The van der Waals surface area contributed by atoms with Crippen LogP contribution in [0.5, 0.6) is 0 Å². The Morgan fingerprint density at radius 2 is 1.53 bits per heavy atom. The number of ether oxygens (including phenoxy) is 1. The van der Waals surface area contributed by atoms with Crippen molar-refractivity contribution < 1.29 is 19.1 Å². The monoisotopic (exact) mass is 413 g/mol. The van der Waals surface area contributed by atoms with Crippen LogP contribution in [0.1, 0.15) is 121 Å². The predicted octanol–water partition coefficient (Wildman–Crippen LogP) is 5.91. The number of hydrogen-bond acceptors (Lipinski definition) is 4. The van der Waals surface area contributed by atoms with Crippen molar-refractivity contribution in [2.75, 3.05) is 6.61 Å². The first-order valence-electron chi connectivity index (χ1n) is 11.8. The number of amides is 2. The van der Waals surface area contributed by atoms with Gasteiger partial charge in [0.25, 0.3) is 11.8 Å². The molecule has 5 nitrogen and oxygen atoms in total. The summed E-state index contributed by atoms with van der Waals surface area (Å²) in [6.07, 6.45) is 14.5. The zero-order chi connectivity index (χ0) is 21.3. The van der Waals surface area contributed by atoms with Crippen LogP contribution < -0.4 is 0 Å². The number of benzene rings is 1. The van der Waals surface area contributed by atoms with Gasteiger partial charge in [-0.3, -0.25) is 14.5 Å². The van der Waals surface area contributed by atoms with Gasteiger partial charge in [-0.05, 0) is 37.5 Å². The minimum Gasteiger partial charge on any atom is -0.462 e. The largest absolute Gasteiger partial charge is 0.462 e. The normalized spacial score (nSPS) is 16.8. The molecule has 0 N–H and O–H groups in total. The Balaban J connectivity index is 1.47. The number of esters is 1. The lowest BCUT2D eigenvalue weighted by atomic mass is 9.94. The molecule has 1 saturated carbocycles. The molecule has 0 unspecified atom stereocenters.